The number of piperidine rings is 1. The maximum absolute atomic E-state index is 5.74. The van der Waals surface area contributed by atoms with Crippen molar-refractivity contribution in [3.8, 4) is 0 Å². The number of nitrogens with zero attached hydrogens (tertiary/aromatic N) is 3. The van der Waals surface area contributed by atoms with Gasteiger partial charge < -0.3 is 9.64 Å². The second kappa shape index (κ2) is 6.10. The molecule has 1 aromatic heterocycles. The van der Waals surface area contributed by atoms with E-state index in [1.54, 1.807) is 11.3 Å². The number of thiazole rings is 1. The molecular weight excluding hydrogens is 270 g/mol. The Morgan fingerprint density at radius 3 is 2.95 bits per heavy atom. The molecule has 2 aliphatic heterocycles. The van der Waals surface area contributed by atoms with Crippen molar-refractivity contribution >= 4 is 11.3 Å². The largest absolute Gasteiger partial charge is 0.381 e. The van der Waals surface area contributed by atoms with Crippen molar-refractivity contribution in [2.75, 3.05) is 33.3 Å². The Balaban J connectivity index is 1.74. The molecule has 112 valence electrons. The highest BCUT2D eigenvalue weighted by molar-refractivity contribution is 7.09. The molecule has 3 rings (SSSR count). The summed E-state index contributed by atoms with van der Waals surface area (Å²) in [5, 5.41) is 0. The summed E-state index contributed by atoms with van der Waals surface area (Å²) in [6, 6.07) is 0.648. The van der Waals surface area contributed by atoms with Crippen molar-refractivity contribution in [3.63, 3.8) is 0 Å². The van der Waals surface area contributed by atoms with Crippen molar-refractivity contribution in [1.82, 2.24) is 14.8 Å². The molecule has 0 spiro atoms. The highest BCUT2D eigenvalue weighted by Crippen LogP contribution is 2.33. The number of ether oxygens (including phenoxy) is 1. The lowest BCUT2D eigenvalue weighted by Crippen LogP contribution is -2.50. The third-order valence-corrected chi connectivity index (χ3v) is 5.92. The van der Waals surface area contributed by atoms with E-state index in [-0.39, 0.29) is 0 Å². The third-order valence-electron chi connectivity index (χ3n) is 5.00. The van der Waals surface area contributed by atoms with Gasteiger partial charge in [-0.1, -0.05) is 6.92 Å². The van der Waals surface area contributed by atoms with Crippen molar-refractivity contribution in [1.29, 1.82) is 0 Å². The number of likely N-dealkylation sites (N-methyl/N-ethyl adjacent to an activating group) is 1. The van der Waals surface area contributed by atoms with Gasteiger partial charge in [0, 0.05) is 50.1 Å². The molecule has 0 saturated carbocycles. The quantitative estimate of drug-likeness (QED) is 0.849. The van der Waals surface area contributed by atoms with Gasteiger partial charge in [0.1, 0.15) is 0 Å². The van der Waals surface area contributed by atoms with E-state index in [1.807, 2.05) is 12.6 Å². The van der Waals surface area contributed by atoms with E-state index in [4.69, 9.17) is 4.74 Å². The van der Waals surface area contributed by atoms with E-state index in [9.17, 15) is 0 Å². The van der Waals surface area contributed by atoms with Gasteiger partial charge in [0.15, 0.2) is 0 Å². The van der Waals surface area contributed by atoms with Gasteiger partial charge in [0.2, 0.25) is 0 Å². The molecule has 1 aromatic rings. The summed E-state index contributed by atoms with van der Waals surface area (Å²) in [7, 11) is 1.87. The summed E-state index contributed by atoms with van der Waals surface area (Å²) in [6.45, 7) is 10.1. The van der Waals surface area contributed by atoms with Crippen LogP contribution in [0.2, 0.25) is 0 Å². The van der Waals surface area contributed by atoms with Crippen LogP contribution in [0.5, 0.6) is 0 Å². The fourth-order valence-corrected chi connectivity index (χ4v) is 4.53. The molecule has 2 saturated heterocycles. The van der Waals surface area contributed by atoms with Crippen LogP contribution in [-0.4, -0.2) is 60.2 Å². The molecule has 0 aliphatic carbocycles. The molecule has 0 aromatic carbocycles. The van der Waals surface area contributed by atoms with Crippen LogP contribution in [0.1, 0.15) is 23.9 Å². The molecule has 20 heavy (non-hydrogen) atoms. The number of likely N-dealkylation sites (tertiary alicyclic amines) is 2. The van der Waals surface area contributed by atoms with Crippen LogP contribution in [0.15, 0.2) is 5.51 Å². The van der Waals surface area contributed by atoms with E-state index in [0.717, 1.165) is 26.1 Å². The van der Waals surface area contributed by atoms with Gasteiger partial charge in [-0.2, -0.15) is 0 Å². The Morgan fingerprint density at radius 1 is 1.45 bits per heavy atom. The van der Waals surface area contributed by atoms with E-state index >= 15 is 0 Å². The number of methoxy groups -OCH3 is 1. The minimum Gasteiger partial charge on any atom is -0.381 e. The van der Waals surface area contributed by atoms with Crippen molar-refractivity contribution in [2.24, 2.45) is 5.92 Å². The molecule has 5 heteroatoms. The number of rotatable bonds is 4. The highest BCUT2D eigenvalue weighted by Gasteiger charge is 2.43. The zero-order chi connectivity index (χ0) is 14.1. The van der Waals surface area contributed by atoms with Crippen molar-refractivity contribution < 1.29 is 4.74 Å². The van der Waals surface area contributed by atoms with Crippen LogP contribution < -0.4 is 0 Å². The molecule has 2 fully saturated rings. The summed E-state index contributed by atoms with van der Waals surface area (Å²) >= 11 is 1.79. The van der Waals surface area contributed by atoms with E-state index in [2.05, 4.69) is 28.6 Å². The van der Waals surface area contributed by atoms with Gasteiger partial charge in [0.05, 0.1) is 17.3 Å². The molecule has 3 heterocycles. The molecule has 0 bridgehead atoms. The van der Waals surface area contributed by atoms with E-state index < -0.39 is 0 Å². The molecule has 0 unspecified atom stereocenters. The van der Waals surface area contributed by atoms with Crippen LogP contribution in [0, 0.1) is 12.8 Å². The molecule has 0 N–H and O–H groups in total. The number of hydrogen-bond donors (Lipinski definition) is 0. The first-order chi connectivity index (χ1) is 9.72. The lowest BCUT2D eigenvalue weighted by atomic mass is 9.89. The van der Waals surface area contributed by atoms with Crippen molar-refractivity contribution in [3.05, 3.63) is 16.1 Å². The summed E-state index contributed by atoms with van der Waals surface area (Å²) in [5.41, 5.74) is 3.17. The fraction of sp³-hybridized carbons (Fsp3) is 0.800. The Morgan fingerprint density at radius 2 is 2.30 bits per heavy atom. The van der Waals surface area contributed by atoms with Crippen LogP contribution in [0.3, 0.4) is 0 Å². The molecular formula is C15H25N3OS. The fourth-order valence-electron chi connectivity index (χ4n) is 3.73. The van der Waals surface area contributed by atoms with Crippen LogP contribution in [0.25, 0.3) is 0 Å². The maximum atomic E-state index is 5.74. The minimum atomic E-state index is 0.440. The van der Waals surface area contributed by atoms with Crippen LogP contribution in [-0.2, 0) is 11.3 Å². The molecule has 0 amide bonds. The third kappa shape index (κ3) is 2.64. The van der Waals surface area contributed by atoms with Gasteiger partial charge in [0.25, 0.3) is 0 Å². The van der Waals surface area contributed by atoms with Crippen molar-refractivity contribution in [2.45, 2.75) is 39.0 Å². The number of hydrogen-bond acceptors (Lipinski definition) is 5. The summed E-state index contributed by atoms with van der Waals surface area (Å²) in [5.74, 6) is 0.668. The first-order valence-electron chi connectivity index (χ1n) is 7.61. The second-order valence-electron chi connectivity index (χ2n) is 5.98. The minimum absolute atomic E-state index is 0.440. The first-order valence-corrected chi connectivity index (χ1v) is 8.49. The van der Waals surface area contributed by atoms with Gasteiger partial charge >= 0.3 is 0 Å². The Bertz CT molecular complexity index is 450. The average Bonchev–Trinajstić information content (AvgIpc) is 3.06. The highest BCUT2D eigenvalue weighted by atomic mass is 32.1. The molecule has 0 radical (unpaired) electrons. The zero-order valence-electron chi connectivity index (χ0n) is 12.7. The van der Waals surface area contributed by atoms with E-state index in [1.165, 1.54) is 23.7 Å². The number of aryl methyl sites for hydroxylation is 1. The maximum Gasteiger partial charge on any atom is 0.0798 e. The first kappa shape index (κ1) is 14.4. The topological polar surface area (TPSA) is 28.6 Å². The van der Waals surface area contributed by atoms with E-state index in [0.29, 0.717) is 18.1 Å². The van der Waals surface area contributed by atoms with Gasteiger partial charge in [-0.15, -0.1) is 11.3 Å². The SMILES string of the molecule is CCN1C[C@H]2[C@@H](C1)N(Cc1scnc1C)CC[C@H]2OC. The lowest BCUT2D eigenvalue weighted by Gasteiger charge is -2.41. The second-order valence-corrected chi connectivity index (χ2v) is 6.92. The number of fused-ring (bicyclic) bond motifs is 1. The monoisotopic (exact) mass is 295 g/mol. The Labute approximate surface area is 125 Å². The zero-order valence-corrected chi connectivity index (χ0v) is 13.5. The summed E-state index contributed by atoms with van der Waals surface area (Å²) in [6.07, 6.45) is 1.60. The Kier molecular flexibility index (Phi) is 4.40. The summed E-state index contributed by atoms with van der Waals surface area (Å²) < 4.78 is 5.74. The molecule has 4 nitrogen and oxygen atoms in total. The number of aromatic nitrogens is 1. The molecule has 2 aliphatic rings. The van der Waals surface area contributed by atoms with Crippen LogP contribution in [0.4, 0.5) is 0 Å². The standard InChI is InChI=1S/C15H25N3OS/c1-4-17-7-12-13(8-17)18(6-5-14(12)19-3)9-15-11(2)16-10-20-15/h10,12-14H,4-9H2,1-3H3/t12-,13+,14+/m0/s1. The summed E-state index contributed by atoms with van der Waals surface area (Å²) in [4.78, 5) is 11.0. The molecule has 3 atom stereocenters. The van der Waals surface area contributed by atoms with Crippen LogP contribution >= 0.6 is 11.3 Å². The normalized spacial score (nSPS) is 31.6. The predicted molar refractivity (Wildman–Crippen MR) is 82.1 cm³/mol. The van der Waals surface area contributed by atoms with Gasteiger partial charge in [-0.25, -0.2) is 4.98 Å². The average molecular weight is 295 g/mol. The lowest BCUT2D eigenvalue weighted by molar-refractivity contribution is -0.0242. The smallest absolute Gasteiger partial charge is 0.0798 e. The predicted octanol–water partition coefficient (Wildman–Crippen LogP) is 1.99. The van der Waals surface area contributed by atoms with Gasteiger partial charge in [-0.05, 0) is 19.9 Å². The van der Waals surface area contributed by atoms with Gasteiger partial charge in [-0.3, -0.25) is 4.90 Å². The Hall–Kier alpha value is -0.490.